The molecule has 1 fully saturated rings. The number of hydrogen-bond acceptors (Lipinski definition) is 4. The van der Waals surface area contributed by atoms with Crippen LogP contribution in [0.25, 0.3) is 0 Å². The molecule has 1 atom stereocenters. The molecule has 2 rings (SSSR count). The number of phenolic OH excluding ortho intramolecular Hbond substituents is 1. The highest BCUT2D eigenvalue weighted by Crippen LogP contribution is 2.19. The van der Waals surface area contributed by atoms with E-state index in [1.165, 1.54) is 12.1 Å². The van der Waals surface area contributed by atoms with Gasteiger partial charge in [-0.1, -0.05) is 13.8 Å². The summed E-state index contributed by atoms with van der Waals surface area (Å²) >= 11 is 0. The van der Waals surface area contributed by atoms with Gasteiger partial charge in [-0.2, -0.15) is 0 Å². The highest BCUT2D eigenvalue weighted by Gasteiger charge is 2.28. The molecule has 26 heavy (non-hydrogen) atoms. The van der Waals surface area contributed by atoms with E-state index in [1.54, 1.807) is 24.0 Å². The van der Waals surface area contributed by atoms with Crippen LogP contribution < -0.4 is 4.74 Å². The standard InChI is InChI=1S/C20H30N2O4/c1-4-16(5-2)20(25)22-12-6-11-21(13-14-22)19(24)15(3)26-18-9-7-17(23)8-10-18/h7-10,15-16,23H,4-6,11-14H2,1-3H3. The van der Waals surface area contributed by atoms with Gasteiger partial charge in [0.05, 0.1) is 0 Å². The molecule has 0 radical (unpaired) electrons. The summed E-state index contributed by atoms with van der Waals surface area (Å²) in [6.45, 7) is 8.26. The lowest BCUT2D eigenvalue weighted by atomic mass is 10.0. The minimum absolute atomic E-state index is 0.0742. The Morgan fingerprint density at radius 1 is 1.00 bits per heavy atom. The van der Waals surface area contributed by atoms with Crippen molar-refractivity contribution >= 4 is 11.8 Å². The smallest absolute Gasteiger partial charge is 0.263 e. The SMILES string of the molecule is CCC(CC)C(=O)N1CCCN(C(=O)C(C)Oc2ccc(O)cc2)CC1. The minimum atomic E-state index is -0.610. The highest BCUT2D eigenvalue weighted by molar-refractivity contribution is 5.81. The predicted octanol–water partition coefficient (Wildman–Crippen LogP) is 2.66. The van der Waals surface area contributed by atoms with Crippen molar-refractivity contribution in [2.75, 3.05) is 26.2 Å². The van der Waals surface area contributed by atoms with E-state index in [1.807, 2.05) is 18.7 Å². The summed E-state index contributed by atoms with van der Waals surface area (Å²) in [4.78, 5) is 28.9. The molecule has 1 unspecified atom stereocenters. The summed E-state index contributed by atoms with van der Waals surface area (Å²) in [6.07, 6.45) is 1.88. The Morgan fingerprint density at radius 3 is 2.08 bits per heavy atom. The zero-order valence-corrected chi connectivity index (χ0v) is 16.0. The van der Waals surface area contributed by atoms with E-state index >= 15 is 0 Å². The zero-order chi connectivity index (χ0) is 19.1. The molecule has 1 saturated heterocycles. The van der Waals surface area contributed by atoms with Gasteiger partial charge in [-0.15, -0.1) is 0 Å². The number of benzene rings is 1. The summed E-state index contributed by atoms with van der Waals surface area (Å²) in [5.41, 5.74) is 0. The van der Waals surface area contributed by atoms with E-state index in [9.17, 15) is 14.7 Å². The van der Waals surface area contributed by atoms with Crippen molar-refractivity contribution in [2.45, 2.75) is 46.1 Å². The first-order valence-electron chi connectivity index (χ1n) is 9.49. The van der Waals surface area contributed by atoms with Crippen molar-refractivity contribution in [2.24, 2.45) is 5.92 Å². The van der Waals surface area contributed by atoms with Crippen LogP contribution in [0.3, 0.4) is 0 Å². The maximum atomic E-state index is 12.7. The number of nitrogens with zero attached hydrogens (tertiary/aromatic N) is 2. The van der Waals surface area contributed by atoms with Crippen molar-refractivity contribution in [1.82, 2.24) is 9.80 Å². The maximum absolute atomic E-state index is 12.7. The molecule has 0 saturated carbocycles. The van der Waals surface area contributed by atoms with Gasteiger partial charge in [-0.25, -0.2) is 0 Å². The van der Waals surface area contributed by atoms with Crippen molar-refractivity contribution in [3.63, 3.8) is 0 Å². The van der Waals surface area contributed by atoms with Crippen LogP contribution in [-0.4, -0.2) is 59.0 Å². The largest absolute Gasteiger partial charge is 0.508 e. The molecule has 1 aromatic rings. The highest BCUT2D eigenvalue weighted by atomic mass is 16.5. The second-order valence-corrected chi connectivity index (χ2v) is 6.77. The molecule has 1 aliphatic heterocycles. The van der Waals surface area contributed by atoms with Gasteiger partial charge in [0.25, 0.3) is 5.91 Å². The first-order valence-corrected chi connectivity index (χ1v) is 9.49. The van der Waals surface area contributed by atoms with Gasteiger partial charge < -0.3 is 19.6 Å². The number of amides is 2. The van der Waals surface area contributed by atoms with Gasteiger partial charge >= 0.3 is 0 Å². The molecule has 1 aliphatic rings. The minimum Gasteiger partial charge on any atom is -0.508 e. The number of phenols is 1. The van der Waals surface area contributed by atoms with Gasteiger partial charge in [0, 0.05) is 32.1 Å². The van der Waals surface area contributed by atoms with E-state index < -0.39 is 6.10 Å². The molecule has 0 bridgehead atoms. The lowest BCUT2D eigenvalue weighted by Gasteiger charge is -2.26. The van der Waals surface area contributed by atoms with Crippen molar-refractivity contribution in [3.8, 4) is 11.5 Å². The van der Waals surface area contributed by atoms with Crippen LogP contribution in [0.15, 0.2) is 24.3 Å². The lowest BCUT2D eigenvalue weighted by Crippen LogP contribution is -2.43. The summed E-state index contributed by atoms with van der Waals surface area (Å²) in [5, 5.41) is 9.32. The fourth-order valence-corrected chi connectivity index (χ4v) is 3.29. The van der Waals surface area contributed by atoms with Gasteiger partial charge in [0.2, 0.25) is 5.91 Å². The Balaban J connectivity index is 1.91. The molecule has 0 aromatic heterocycles. The van der Waals surface area contributed by atoms with Gasteiger partial charge in [0.1, 0.15) is 11.5 Å². The molecular weight excluding hydrogens is 332 g/mol. The van der Waals surface area contributed by atoms with Crippen LogP contribution in [0, 0.1) is 5.92 Å². The van der Waals surface area contributed by atoms with Crippen LogP contribution in [0.5, 0.6) is 11.5 Å². The van der Waals surface area contributed by atoms with Crippen molar-refractivity contribution in [3.05, 3.63) is 24.3 Å². The molecule has 2 amide bonds. The molecule has 1 aromatic carbocycles. The fourth-order valence-electron chi connectivity index (χ4n) is 3.29. The Kier molecular flexibility index (Phi) is 7.30. The average Bonchev–Trinajstić information content (AvgIpc) is 2.90. The van der Waals surface area contributed by atoms with Gasteiger partial charge in [0.15, 0.2) is 6.10 Å². The van der Waals surface area contributed by atoms with Gasteiger partial charge in [-0.05, 0) is 50.5 Å². The van der Waals surface area contributed by atoms with E-state index in [-0.39, 0.29) is 23.5 Å². The molecule has 0 aliphatic carbocycles. The van der Waals surface area contributed by atoms with E-state index in [0.29, 0.717) is 31.9 Å². The van der Waals surface area contributed by atoms with Crippen molar-refractivity contribution < 1.29 is 19.4 Å². The van der Waals surface area contributed by atoms with Gasteiger partial charge in [-0.3, -0.25) is 9.59 Å². The zero-order valence-electron chi connectivity index (χ0n) is 16.0. The third-order valence-corrected chi connectivity index (χ3v) is 4.95. The third-order valence-electron chi connectivity index (χ3n) is 4.95. The maximum Gasteiger partial charge on any atom is 0.263 e. The van der Waals surface area contributed by atoms with Crippen LogP contribution in [0.4, 0.5) is 0 Å². The summed E-state index contributed by atoms with van der Waals surface area (Å²) in [7, 11) is 0. The Morgan fingerprint density at radius 2 is 1.54 bits per heavy atom. The number of aromatic hydroxyl groups is 1. The van der Waals surface area contributed by atoms with Crippen molar-refractivity contribution in [1.29, 1.82) is 0 Å². The number of carbonyl (C=O) groups excluding carboxylic acids is 2. The molecule has 1 heterocycles. The van der Waals surface area contributed by atoms with E-state index in [4.69, 9.17) is 4.74 Å². The quantitative estimate of drug-likeness (QED) is 0.845. The number of rotatable bonds is 6. The summed E-state index contributed by atoms with van der Waals surface area (Å²) in [6, 6.07) is 6.33. The van der Waals surface area contributed by atoms with Crippen LogP contribution in [0.1, 0.15) is 40.0 Å². The first-order chi connectivity index (χ1) is 12.5. The molecule has 1 N–H and O–H groups in total. The Hall–Kier alpha value is -2.24. The molecule has 0 spiro atoms. The lowest BCUT2D eigenvalue weighted by molar-refractivity contribution is -0.139. The normalized spacial score (nSPS) is 16.3. The Labute approximate surface area is 155 Å². The number of ether oxygens (including phenoxy) is 1. The number of hydrogen-bond donors (Lipinski definition) is 1. The number of carbonyl (C=O) groups is 2. The van der Waals surface area contributed by atoms with E-state index in [0.717, 1.165) is 19.3 Å². The second kappa shape index (κ2) is 9.46. The Bertz CT molecular complexity index is 598. The second-order valence-electron chi connectivity index (χ2n) is 6.77. The topological polar surface area (TPSA) is 70.1 Å². The first kappa shape index (κ1) is 20.1. The summed E-state index contributed by atoms with van der Waals surface area (Å²) < 4.78 is 5.69. The third kappa shape index (κ3) is 5.13. The van der Waals surface area contributed by atoms with E-state index in [2.05, 4.69) is 0 Å². The fraction of sp³-hybridized carbons (Fsp3) is 0.600. The molecular formula is C20H30N2O4. The molecule has 6 nitrogen and oxygen atoms in total. The molecule has 144 valence electrons. The molecule has 6 heteroatoms. The monoisotopic (exact) mass is 362 g/mol. The summed E-state index contributed by atoms with van der Waals surface area (Å²) in [5.74, 6) is 0.914. The van der Waals surface area contributed by atoms with Crippen LogP contribution >= 0.6 is 0 Å². The van der Waals surface area contributed by atoms with Crippen LogP contribution in [-0.2, 0) is 9.59 Å². The average molecular weight is 362 g/mol. The predicted molar refractivity (Wildman–Crippen MR) is 100 cm³/mol. The van der Waals surface area contributed by atoms with Crippen LogP contribution in [0.2, 0.25) is 0 Å².